The third-order valence-corrected chi connectivity index (χ3v) is 2.73. The van der Waals surface area contributed by atoms with Crippen LogP contribution in [0.4, 0.5) is 0 Å². The Balaban J connectivity index is 2.95. The normalized spacial score (nSPS) is 9.12. The number of nitriles is 1. The molecule has 1 aromatic rings. The number of nitrogens with zero attached hydrogens (tertiary/aromatic N) is 1. The van der Waals surface area contributed by atoms with Crippen molar-refractivity contribution in [2.75, 3.05) is 0 Å². The van der Waals surface area contributed by atoms with Crippen LogP contribution in [0.3, 0.4) is 0 Å². The molecule has 0 saturated heterocycles. The van der Waals surface area contributed by atoms with E-state index in [2.05, 4.69) is 21.2 Å². The van der Waals surface area contributed by atoms with E-state index in [-0.39, 0.29) is 10.2 Å². The van der Waals surface area contributed by atoms with Gasteiger partial charge in [-0.1, -0.05) is 35.3 Å². The van der Waals surface area contributed by atoms with E-state index in [1.165, 1.54) is 0 Å². The highest BCUT2D eigenvalue weighted by atomic mass is 79.9. The molecule has 0 saturated carbocycles. The Bertz CT molecular complexity index is 490. The molecule has 0 heterocycles. The average molecular weight is 320 g/mol. The second-order valence-electron chi connectivity index (χ2n) is 2.68. The first kappa shape index (κ1) is 13.0. The molecule has 0 aromatic heterocycles. The minimum atomic E-state index is -0.456. The number of halogens is 3. The highest BCUT2D eigenvalue weighted by molar-refractivity contribution is 9.10. The van der Waals surface area contributed by atoms with E-state index in [1.54, 1.807) is 30.3 Å². The number of hydrogen-bond acceptors (Lipinski definition) is 2. The summed E-state index contributed by atoms with van der Waals surface area (Å²) in [6, 6.07) is 8.49. The summed E-state index contributed by atoms with van der Waals surface area (Å²) in [5.41, 5.74) is 0.217. The minimum absolute atomic E-state index is 0.177. The predicted molar refractivity (Wildman–Crippen MR) is 66.0 cm³/mol. The highest BCUT2D eigenvalue weighted by Gasteiger charge is 2.12. The SMILES string of the molecule is N#CC(NC(=O)c1ccccc1Br)=C(Cl)Cl. The molecule has 0 aliphatic heterocycles. The van der Waals surface area contributed by atoms with Crippen molar-refractivity contribution in [3.63, 3.8) is 0 Å². The largest absolute Gasteiger partial charge is 0.311 e. The van der Waals surface area contributed by atoms with Crippen LogP contribution in [0.2, 0.25) is 0 Å². The third-order valence-electron chi connectivity index (χ3n) is 1.66. The summed E-state index contributed by atoms with van der Waals surface area (Å²) in [4.78, 5) is 11.7. The maximum Gasteiger partial charge on any atom is 0.257 e. The molecule has 1 N–H and O–H groups in total. The highest BCUT2D eigenvalue weighted by Crippen LogP contribution is 2.17. The van der Waals surface area contributed by atoms with Gasteiger partial charge in [0, 0.05) is 4.47 Å². The van der Waals surface area contributed by atoms with Gasteiger partial charge >= 0.3 is 0 Å². The summed E-state index contributed by atoms with van der Waals surface area (Å²) in [6.45, 7) is 0. The fourth-order valence-corrected chi connectivity index (χ4v) is 1.59. The van der Waals surface area contributed by atoms with Crippen LogP contribution < -0.4 is 5.32 Å². The number of carbonyl (C=O) groups excluding carboxylic acids is 1. The lowest BCUT2D eigenvalue weighted by atomic mass is 10.2. The number of nitrogens with one attached hydrogen (secondary N) is 1. The van der Waals surface area contributed by atoms with Crippen LogP contribution in [-0.4, -0.2) is 5.91 Å². The average Bonchev–Trinajstić information content (AvgIpc) is 2.25. The third kappa shape index (κ3) is 3.24. The fraction of sp³-hybridized carbons (Fsp3) is 0. The van der Waals surface area contributed by atoms with Gasteiger partial charge in [-0.15, -0.1) is 0 Å². The van der Waals surface area contributed by atoms with Crippen LogP contribution in [0, 0.1) is 11.3 Å². The van der Waals surface area contributed by atoms with E-state index in [0.29, 0.717) is 10.0 Å². The Morgan fingerprint density at radius 2 is 2.00 bits per heavy atom. The zero-order chi connectivity index (χ0) is 12.1. The summed E-state index contributed by atoms with van der Waals surface area (Å²) in [5.74, 6) is -0.456. The zero-order valence-corrected chi connectivity index (χ0v) is 10.9. The number of carbonyl (C=O) groups is 1. The van der Waals surface area contributed by atoms with Gasteiger partial charge in [-0.05, 0) is 28.1 Å². The lowest BCUT2D eigenvalue weighted by molar-refractivity contribution is 0.0966. The molecule has 1 rings (SSSR count). The van der Waals surface area contributed by atoms with E-state index < -0.39 is 5.91 Å². The molecule has 0 aliphatic carbocycles. The van der Waals surface area contributed by atoms with Crippen LogP contribution >= 0.6 is 39.1 Å². The van der Waals surface area contributed by atoms with Crippen molar-refractivity contribution in [2.24, 2.45) is 0 Å². The van der Waals surface area contributed by atoms with Gasteiger partial charge < -0.3 is 5.32 Å². The Morgan fingerprint density at radius 3 is 2.50 bits per heavy atom. The van der Waals surface area contributed by atoms with E-state index in [0.717, 1.165) is 0 Å². The molecule has 82 valence electrons. The first-order valence-electron chi connectivity index (χ1n) is 4.07. The molecule has 0 radical (unpaired) electrons. The maximum atomic E-state index is 11.7. The molecule has 1 aromatic carbocycles. The van der Waals surface area contributed by atoms with Gasteiger partial charge in [0.1, 0.15) is 10.6 Å². The van der Waals surface area contributed by atoms with E-state index >= 15 is 0 Å². The Labute approximate surface area is 111 Å². The van der Waals surface area contributed by atoms with Crippen LogP contribution in [-0.2, 0) is 0 Å². The van der Waals surface area contributed by atoms with E-state index in [1.807, 2.05) is 0 Å². The van der Waals surface area contributed by atoms with Gasteiger partial charge in [-0.2, -0.15) is 5.26 Å². The molecular weight excluding hydrogens is 315 g/mol. The molecule has 1 amide bonds. The van der Waals surface area contributed by atoms with Crippen molar-refractivity contribution in [3.05, 3.63) is 44.5 Å². The number of amides is 1. The van der Waals surface area contributed by atoms with Crippen molar-refractivity contribution in [3.8, 4) is 6.07 Å². The number of hydrogen-bond donors (Lipinski definition) is 1. The lowest BCUT2D eigenvalue weighted by Gasteiger charge is -2.05. The predicted octanol–water partition coefficient (Wildman–Crippen LogP) is 3.35. The topological polar surface area (TPSA) is 52.9 Å². The fourth-order valence-electron chi connectivity index (χ4n) is 0.944. The molecule has 0 aliphatic rings. The van der Waals surface area contributed by atoms with Crippen LogP contribution in [0.5, 0.6) is 0 Å². The monoisotopic (exact) mass is 318 g/mol. The van der Waals surface area contributed by atoms with Crippen molar-refractivity contribution < 1.29 is 4.79 Å². The van der Waals surface area contributed by atoms with Crippen molar-refractivity contribution >= 4 is 45.0 Å². The summed E-state index contributed by atoms with van der Waals surface area (Å²) < 4.78 is 0.346. The van der Waals surface area contributed by atoms with Crippen LogP contribution in [0.15, 0.2) is 38.9 Å². The molecule has 0 bridgehead atoms. The van der Waals surface area contributed by atoms with Crippen molar-refractivity contribution in [1.29, 1.82) is 5.26 Å². The molecule has 16 heavy (non-hydrogen) atoms. The van der Waals surface area contributed by atoms with Gasteiger partial charge in [-0.3, -0.25) is 4.79 Å². The Hall–Kier alpha value is -1.02. The molecule has 0 spiro atoms. The summed E-state index contributed by atoms with van der Waals surface area (Å²) >= 11 is 14.0. The van der Waals surface area contributed by atoms with E-state index in [4.69, 9.17) is 28.5 Å². The molecule has 0 atom stereocenters. The zero-order valence-electron chi connectivity index (χ0n) is 7.80. The van der Waals surface area contributed by atoms with Crippen molar-refractivity contribution in [1.82, 2.24) is 5.32 Å². The van der Waals surface area contributed by atoms with E-state index in [9.17, 15) is 4.79 Å². The second-order valence-corrected chi connectivity index (χ2v) is 4.48. The summed E-state index contributed by atoms with van der Waals surface area (Å²) in [5, 5.41) is 11.0. The van der Waals surface area contributed by atoms with Crippen LogP contribution in [0.1, 0.15) is 10.4 Å². The summed E-state index contributed by atoms with van der Waals surface area (Å²) in [6.07, 6.45) is 0. The van der Waals surface area contributed by atoms with Gasteiger partial charge in [0.15, 0.2) is 5.70 Å². The van der Waals surface area contributed by atoms with Gasteiger partial charge in [0.25, 0.3) is 5.91 Å². The second kappa shape index (κ2) is 5.90. The first-order valence-corrected chi connectivity index (χ1v) is 5.62. The molecular formula is C10H5BrCl2N2O. The molecule has 0 unspecified atom stereocenters. The smallest absolute Gasteiger partial charge is 0.257 e. The minimum Gasteiger partial charge on any atom is -0.311 e. The maximum absolute atomic E-state index is 11.7. The molecule has 3 nitrogen and oxygen atoms in total. The van der Waals surface area contributed by atoms with Crippen LogP contribution in [0.25, 0.3) is 0 Å². The Morgan fingerprint density at radius 1 is 1.38 bits per heavy atom. The number of benzene rings is 1. The quantitative estimate of drug-likeness (QED) is 0.850. The summed E-state index contributed by atoms with van der Waals surface area (Å²) in [7, 11) is 0. The van der Waals surface area contributed by atoms with Crippen molar-refractivity contribution in [2.45, 2.75) is 0 Å². The standard InChI is InChI=1S/C10H5BrCl2N2O/c11-7-4-2-1-3-6(7)10(16)15-8(5-14)9(12)13/h1-4H,(H,15,16). The first-order chi connectivity index (χ1) is 7.56. The number of allylic oxidation sites excluding steroid dienone is 1. The van der Waals surface area contributed by atoms with Gasteiger partial charge in [0.05, 0.1) is 5.56 Å². The molecule has 0 fully saturated rings. The Kier molecular flexibility index (Phi) is 4.81. The lowest BCUT2D eigenvalue weighted by Crippen LogP contribution is -2.22. The molecule has 6 heteroatoms. The number of rotatable bonds is 2. The van der Waals surface area contributed by atoms with Gasteiger partial charge in [-0.25, -0.2) is 0 Å². The van der Waals surface area contributed by atoms with Gasteiger partial charge in [0.2, 0.25) is 0 Å².